The summed E-state index contributed by atoms with van der Waals surface area (Å²) in [5, 5.41) is 8.49. The minimum absolute atomic E-state index is 0.228. The van der Waals surface area contributed by atoms with E-state index in [1.807, 2.05) is 42.5 Å². The first-order valence-electron chi connectivity index (χ1n) is 11.2. The lowest BCUT2D eigenvalue weighted by molar-refractivity contribution is 0.390. The van der Waals surface area contributed by atoms with Gasteiger partial charge in [0.15, 0.2) is 5.11 Å². The maximum absolute atomic E-state index is 5.82. The molecular weight excluding hydrogens is 432 g/mol. The topological polar surface area (TPSA) is 63.4 Å². The Morgan fingerprint density at radius 2 is 1.91 bits per heavy atom. The van der Waals surface area contributed by atoms with Crippen molar-refractivity contribution >= 4 is 22.9 Å². The minimum Gasteiger partial charge on any atom is -0.497 e. The summed E-state index contributed by atoms with van der Waals surface area (Å²) in [5.74, 6) is 2.40. The smallest absolute Gasteiger partial charge is 0.258 e. The second-order valence-electron chi connectivity index (χ2n) is 8.78. The number of aromatic nitrogens is 2. The molecule has 6 nitrogen and oxygen atoms in total. The predicted molar refractivity (Wildman–Crippen MR) is 135 cm³/mol. The molecule has 7 heteroatoms. The van der Waals surface area contributed by atoms with E-state index < -0.39 is 0 Å². The highest BCUT2D eigenvalue weighted by Crippen LogP contribution is 2.38. The molecule has 1 aliphatic heterocycles. The van der Waals surface area contributed by atoms with Crippen molar-refractivity contribution in [1.82, 2.24) is 20.4 Å². The molecule has 3 aromatic rings. The predicted octanol–water partition coefficient (Wildman–Crippen LogP) is 5.76. The third-order valence-corrected chi connectivity index (χ3v) is 6.26. The second-order valence-corrected chi connectivity index (χ2v) is 9.17. The van der Waals surface area contributed by atoms with Crippen molar-refractivity contribution in [3.8, 4) is 17.1 Å². The van der Waals surface area contributed by atoms with Gasteiger partial charge in [-0.25, -0.2) is 0 Å². The molecule has 172 valence electrons. The van der Waals surface area contributed by atoms with Gasteiger partial charge < -0.3 is 19.5 Å². The zero-order valence-electron chi connectivity index (χ0n) is 19.8. The highest BCUT2D eigenvalue weighted by atomic mass is 32.1. The molecule has 1 N–H and O–H groups in total. The van der Waals surface area contributed by atoms with Gasteiger partial charge in [-0.15, -0.1) is 0 Å². The first-order valence-corrected chi connectivity index (χ1v) is 11.6. The number of benzene rings is 2. The average Bonchev–Trinajstić information content (AvgIpc) is 3.28. The highest BCUT2D eigenvalue weighted by Gasteiger charge is 2.34. The van der Waals surface area contributed by atoms with Crippen molar-refractivity contribution in [1.29, 1.82) is 0 Å². The lowest BCUT2D eigenvalue weighted by atomic mass is 9.94. The number of thiocarbonyl (C=S) groups is 1. The molecule has 1 aromatic heterocycles. The standard InChI is InChI=1S/C26H30N4O2S/c1-16(2)13-14-30-18(4)22(23(27-26(30)33)20-7-6-8-21(15-20)31-5)25-28-24(29-32-25)19-11-9-17(3)10-12-19/h6-12,15-16,23H,13-14H2,1-5H3,(H,27,33). The summed E-state index contributed by atoms with van der Waals surface area (Å²) in [4.78, 5) is 6.92. The fourth-order valence-electron chi connectivity index (χ4n) is 3.94. The monoisotopic (exact) mass is 462 g/mol. The van der Waals surface area contributed by atoms with Crippen LogP contribution in [0.25, 0.3) is 17.0 Å². The van der Waals surface area contributed by atoms with E-state index in [9.17, 15) is 0 Å². The van der Waals surface area contributed by atoms with E-state index in [-0.39, 0.29) is 6.04 Å². The highest BCUT2D eigenvalue weighted by molar-refractivity contribution is 7.80. The Morgan fingerprint density at radius 3 is 2.61 bits per heavy atom. The van der Waals surface area contributed by atoms with Crippen molar-refractivity contribution in [3.05, 3.63) is 71.2 Å². The van der Waals surface area contributed by atoms with Gasteiger partial charge >= 0.3 is 0 Å². The normalized spacial score (nSPS) is 16.4. The van der Waals surface area contributed by atoms with E-state index in [1.54, 1.807) is 7.11 Å². The maximum Gasteiger partial charge on any atom is 0.258 e. The van der Waals surface area contributed by atoms with Gasteiger partial charge in [-0.05, 0) is 56.1 Å². The lowest BCUT2D eigenvalue weighted by Crippen LogP contribution is -2.46. The summed E-state index contributed by atoms with van der Waals surface area (Å²) in [5.41, 5.74) is 5.06. The summed E-state index contributed by atoms with van der Waals surface area (Å²) < 4.78 is 11.3. The van der Waals surface area contributed by atoms with Crippen molar-refractivity contribution in [2.75, 3.05) is 13.7 Å². The molecule has 1 atom stereocenters. The average molecular weight is 463 g/mol. The Balaban J connectivity index is 1.79. The van der Waals surface area contributed by atoms with Crippen LogP contribution in [-0.4, -0.2) is 33.8 Å². The van der Waals surface area contributed by atoms with Crippen LogP contribution in [0.5, 0.6) is 5.75 Å². The van der Waals surface area contributed by atoms with E-state index in [0.29, 0.717) is 22.7 Å². The molecule has 0 amide bonds. The van der Waals surface area contributed by atoms with E-state index in [4.69, 9.17) is 26.5 Å². The number of nitrogens with zero attached hydrogens (tertiary/aromatic N) is 3. The molecule has 0 radical (unpaired) electrons. The van der Waals surface area contributed by atoms with Crippen molar-refractivity contribution in [3.63, 3.8) is 0 Å². The van der Waals surface area contributed by atoms with Gasteiger partial charge in [0.1, 0.15) is 5.75 Å². The summed E-state index contributed by atoms with van der Waals surface area (Å²) in [7, 11) is 1.67. The molecule has 0 spiro atoms. The Labute approximate surface area is 200 Å². The number of nitrogens with one attached hydrogen (secondary N) is 1. The van der Waals surface area contributed by atoms with Gasteiger partial charge in [-0.2, -0.15) is 4.98 Å². The quantitative estimate of drug-likeness (QED) is 0.448. The van der Waals surface area contributed by atoms with Gasteiger partial charge in [0, 0.05) is 17.8 Å². The largest absolute Gasteiger partial charge is 0.497 e. The first kappa shape index (κ1) is 23.0. The summed E-state index contributed by atoms with van der Waals surface area (Å²) in [6, 6.07) is 15.8. The summed E-state index contributed by atoms with van der Waals surface area (Å²) in [6.45, 7) is 9.38. The fraction of sp³-hybridized carbons (Fsp3) is 0.346. The Hall–Kier alpha value is -3.19. The van der Waals surface area contributed by atoms with Crippen LogP contribution in [0.4, 0.5) is 0 Å². The molecule has 0 bridgehead atoms. The van der Waals surface area contributed by atoms with Gasteiger partial charge in [0.05, 0.1) is 18.7 Å². The zero-order chi connectivity index (χ0) is 23.5. The molecule has 1 aliphatic rings. The Kier molecular flexibility index (Phi) is 6.79. The van der Waals surface area contributed by atoms with Crippen molar-refractivity contribution in [2.24, 2.45) is 5.92 Å². The third-order valence-electron chi connectivity index (χ3n) is 5.92. The number of allylic oxidation sites excluding steroid dienone is 1. The molecule has 0 fully saturated rings. The zero-order valence-corrected chi connectivity index (χ0v) is 20.6. The lowest BCUT2D eigenvalue weighted by Gasteiger charge is -2.37. The van der Waals surface area contributed by atoms with E-state index in [2.05, 4.69) is 49.1 Å². The van der Waals surface area contributed by atoms with Crippen LogP contribution in [0.15, 0.2) is 58.8 Å². The fourth-order valence-corrected chi connectivity index (χ4v) is 4.28. The maximum atomic E-state index is 5.82. The summed E-state index contributed by atoms with van der Waals surface area (Å²) >= 11 is 5.77. The van der Waals surface area contributed by atoms with Crippen LogP contribution >= 0.6 is 12.2 Å². The molecule has 0 aliphatic carbocycles. The number of aryl methyl sites for hydroxylation is 1. The third kappa shape index (κ3) is 4.93. The molecule has 33 heavy (non-hydrogen) atoms. The number of rotatable bonds is 7. The van der Waals surface area contributed by atoms with E-state index in [0.717, 1.165) is 41.1 Å². The molecule has 0 saturated carbocycles. The van der Waals surface area contributed by atoms with Gasteiger partial charge in [-0.1, -0.05) is 61.0 Å². The number of methoxy groups -OCH3 is 1. The van der Waals surface area contributed by atoms with Crippen LogP contribution in [0.3, 0.4) is 0 Å². The van der Waals surface area contributed by atoms with Crippen molar-refractivity contribution in [2.45, 2.75) is 40.2 Å². The molecule has 0 saturated heterocycles. The Bertz CT molecular complexity index is 1170. The second kappa shape index (κ2) is 9.75. The SMILES string of the molecule is COc1cccc(C2NC(=S)N(CCC(C)C)C(C)=C2c2nc(-c3ccc(C)cc3)no2)c1. The molecular formula is C26H30N4O2S. The summed E-state index contributed by atoms with van der Waals surface area (Å²) in [6.07, 6.45) is 1.02. The van der Waals surface area contributed by atoms with Crippen LogP contribution < -0.4 is 10.1 Å². The molecule has 2 heterocycles. The number of ether oxygens (including phenoxy) is 1. The first-order chi connectivity index (χ1) is 15.9. The van der Waals surface area contributed by atoms with E-state index >= 15 is 0 Å². The van der Waals surface area contributed by atoms with Crippen LogP contribution in [0.2, 0.25) is 0 Å². The van der Waals surface area contributed by atoms with Gasteiger partial charge in [0.25, 0.3) is 5.89 Å². The molecule has 1 unspecified atom stereocenters. The Morgan fingerprint density at radius 1 is 1.15 bits per heavy atom. The van der Waals surface area contributed by atoms with Crippen LogP contribution in [0.1, 0.15) is 50.3 Å². The van der Waals surface area contributed by atoms with Gasteiger partial charge in [-0.3, -0.25) is 0 Å². The number of hydrogen-bond donors (Lipinski definition) is 1. The van der Waals surface area contributed by atoms with Crippen molar-refractivity contribution < 1.29 is 9.26 Å². The van der Waals surface area contributed by atoms with E-state index in [1.165, 1.54) is 5.56 Å². The van der Waals surface area contributed by atoms with Crippen LogP contribution in [-0.2, 0) is 0 Å². The van der Waals surface area contributed by atoms with Crippen LogP contribution in [0, 0.1) is 12.8 Å². The molecule has 2 aromatic carbocycles. The van der Waals surface area contributed by atoms with Gasteiger partial charge in [0.2, 0.25) is 5.82 Å². The molecule has 4 rings (SSSR count). The number of hydrogen-bond acceptors (Lipinski definition) is 5. The minimum atomic E-state index is -0.228.